The topological polar surface area (TPSA) is 58.9 Å². The largest absolute Gasteiger partial charge is 0.508 e. The summed E-state index contributed by atoms with van der Waals surface area (Å²) in [7, 11) is 3.22. The fourth-order valence-corrected chi connectivity index (χ4v) is 3.19. The molecule has 1 atom stereocenters. The fraction of sp³-hybridized carbons (Fsp3) is 0.400. The minimum atomic E-state index is -0.893. The molecule has 2 rings (SSSR count). The number of phenols is 1. The number of aryl methyl sites for hydroxylation is 1. The Hall–Kier alpha value is -2.20. The van der Waals surface area contributed by atoms with Crippen LogP contribution < -0.4 is 9.47 Å². The highest BCUT2D eigenvalue weighted by molar-refractivity contribution is 5.56. The summed E-state index contributed by atoms with van der Waals surface area (Å²) < 4.78 is 11.1. The number of hydrogen-bond donors (Lipinski definition) is 2. The van der Waals surface area contributed by atoms with Crippen molar-refractivity contribution in [2.24, 2.45) is 0 Å². The van der Waals surface area contributed by atoms with E-state index < -0.39 is 6.10 Å². The summed E-state index contributed by atoms with van der Waals surface area (Å²) in [5, 5.41) is 21.0. The predicted octanol–water partition coefficient (Wildman–Crippen LogP) is 4.23. The Morgan fingerprint density at radius 1 is 0.917 bits per heavy atom. The highest BCUT2D eigenvalue weighted by atomic mass is 16.5. The van der Waals surface area contributed by atoms with Crippen molar-refractivity contribution in [1.82, 2.24) is 0 Å². The van der Waals surface area contributed by atoms with Crippen LogP contribution in [0.2, 0.25) is 0 Å². The van der Waals surface area contributed by atoms with Crippen LogP contribution in [-0.2, 0) is 0 Å². The first-order valence-electron chi connectivity index (χ1n) is 8.05. The van der Waals surface area contributed by atoms with Crippen LogP contribution in [0.5, 0.6) is 17.2 Å². The third-order valence-corrected chi connectivity index (χ3v) is 4.46. The average molecular weight is 330 g/mol. The molecule has 2 N–H and O–H groups in total. The predicted molar refractivity (Wildman–Crippen MR) is 95.3 cm³/mol. The average Bonchev–Trinajstić information content (AvgIpc) is 2.56. The molecule has 0 aromatic heterocycles. The van der Waals surface area contributed by atoms with Gasteiger partial charge in [0.15, 0.2) is 0 Å². The minimum Gasteiger partial charge on any atom is -0.508 e. The van der Waals surface area contributed by atoms with Gasteiger partial charge in [-0.25, -0.2) is 0 Å². The fourth-order valence-electron chi connectivity index (χ4n) is 3.19. The van der Waals surface area contributed by atoms with E-state index in [1.165, 1.54) is 0 Å². The van der Waals surface area contributed by atoms with Crippen molar-refractivity contribution < 1.29 is 19.7 Å². The Bertz CT molecular complexity index is 735. The Morgan fingerprint density at radius 2 is 1.58 bits per heavy atom. The molecule has 4 heteroatoms. The van der Waals surface area contributed by atoms with Crippen molar-refractivity contribution in [2.45, 2.75) is 39.7 Å². The molecule has 0 saturated carbocycles. The third kappa shape index (κ3) is 3.06. The number of aliphatic hydroxyl groups excluding tert-OH is 1. The van der Waals surface area contributed by atoms with Gasteiger partial charge in [0, 0.05) is 11.1 Å². The third-order valence-electron chi connectivity index (χ3n) is 4.46. The number of aromatic hydroxyl groups is 1. The molecule has 0 heterocycles. The zero-order chi connectivity index (χ0) is 18.0. The lowest BCUT2D eigenvalue weighted by molar-refractivity contribution is 0.212. The lowest BCUT2D eigenvalue weighted by atomic mass is 9.89. The zero-order valence-electron chi connectivity index (χ0n) is 15.2. The van der Waals surface area contributed by atoms with Crippen molar-refractivity contribution in [3.63, 3.8) is 0 Å². The SMILES string of the molecule is COc1ccc(C(O)c2c(C)ccc(O)c2C)c(OC)c1C(C)C. The molecule has 0 spiro atoms. The summed E-state index contributed by atoms with van der Waals surface area (Å²) >= 11 is 0. The van der Waals surface area contributed by atoms with Crippen LogP contribution in [0.15, 0.2) is 24.3 Å². The lowest BCUT2D eigenvalue weighted by Crippen LogP contribution is -2.09. The molecule has 1 unspecified atom stereocenters. The van der Waals surface area contributed by atoms with E-state index in [4.69, 9.17) is 9.47 Å². The Morgan fingerprint density at radius 3 is 2.12 bits per heavy atom. The van der Waals surface area contributed by atoms with Gasteiger partial charge in [-0.2, -0.15) is 0 Å². The molecular weight excluding hydrogens is 304 g/mol. The van der Waals surface area contributed by atoms with E-state index >= 15 is 0 Å². The molecule has 0 amide bonds. The van der Waals surface area contributed by atoms with Crippen LogP contribution in [0.3, 0.4) is 0 Å². The Labute approximate surface area is 143 Å². The molecule has 0 aliphatic rings. The summed E-state index contributed by atoms with van der Waals surface area (Å²) in [5.74, 6) is 1.71. The zero-order valence-corrected chi connectivity index (χ0v) is 15.2. The quantitative estimate of drug-likeness (QED) is 0.861. The number of hydrogen-bond acceptors (Lipinski definition) is 4. The first-order chi connectivity index (χ1) is 11.3. The first kappa shape index (κ1) is 18.1. The van der Waals surface area contributed by atoms with Crippen LogP contribution >= 0.6 is 0 Å². The van der Waals surface area contributed by atoms with Gasteiger partial charge in [-0.1, -0.05) is 19.9 Å². The molecule has 0 fully saturated rings. The van der Waals surface area contributed by atoms with E-state index in [9.17, 15) is 10.2 Å². The van der Waals surface area contributed by atoms with Gasteiger partial charge in [-0.15, -0.1) is 0 Å². The van der Waals surface area contributed by atoms with Crippen molar-refractivity contribution in [3.05, 3.63) is 52.1 Å². The maximum atomic E-state index is 11.0. The summed E-state index contributed by atoms with van der Waals surface area (Å²) in [6.45, 7) is 7.84. The minimum absolute atomic E-state index is 0.172. The Kier molecular flexibility index (Phi) is 5.40. The second-order valence-corrected chi connectivity index (χ2v) is 6.30. The normalized spacial score (nSPS) is 12.3. The molecule has 0 saturated heterocycles. The molecule has 0 radical (unpaired) electrons. The molecule has 2 aromatic carbocycles. The van der Waals surface area contributed by atoms with Gasteiger partial charge >= 0.3 is 0 Å². The monoisotopic (exact) mass is 330 g/mol. The van der Waals surface area contributed by atoms with Crippen molar-refractivity contribution in [3.8, 4) is 17.2 Å². The van der Waals surface area contributed by atoms with Gasteiger partial charge in [0.2, 0.25) is 0 Å². The van der Waals surface area contributed by atoms with Crippen LogP contribution in [-0.4, -0.2) is 24.4 Å². The van der Waals surface area contributed by atoms with Gasteiger partial charge in [-0.05, 0) is 54.7 Å². The van der Waals surface area contributed by atoms with E-state index in [1.807, 2.05) is 19.1 Å². The smallest absolute Gasteiger partial charge is 0.132 e. The summed E-state index contributed by atoms with van der Waals surface area (Å²) in [5.41, 5.74) is 3.88. The highest BCUT2D eigenvalue weighted by Gasteiger charge is 2.25. The van der Waals surface area contributed by atoms with Crippen LogP contribution in [0.1, 0.15) is 53.7 Å². The molecule has 130 valence electrons. The van der Waals surface area contributed by atoms with E-state index in [0.717, 1.165) is 16.9 Å². The van der Waals surface area contributed by atoms with Crippen molar-refractivity contribution >= 4 is 0 Å². The van der Waals surface area contributed by atoms with Gasteiger partial charge in [0.25, 0.3) is 0 Å². The summed E-state index contributed by atoms with van der Waals surface area (Å²) in [4.78, 5) is 0. The molecule has 0 bridgehead atoms. The van der Waals surface area contributed by atoms with Gasteiger partial charge < -0.3 is 19.7 Å². The summed E-state index contributed by atoms with van der Waals surface area (Å²) in [6.07, 6.45) is -0.893. The molecule has 0 aliphatic carbocycles. The van der Waals surface area contributed by atoms with Crippen molar-refractivity contribution in [1.29, 1.82) is 0 Å². The van der Waals surface area contributed by atoms with Gasteiger partial charge in [0.05, 0.1) is 14.2 Å². The molecular formula is C20H26O4. The molecule has 24 heavy (non-hydrogen) atoms. The van der Waals surface area contributed by atoms with Gasteiger partial charge in [-0.3, -0.25) is 0 Å². The van der Waals surface area contributed by atoms with E-state index in [0.29, 0.717) is 22.4 Å². The molecule has 4 nitrogen and oxygen atoms in total. The van der Waals surface area contributed by atoms with Crippen LogP contribution in [0, 0.1) is 13.8 Å². The maximum absolute atomic E-state index is 11.0. The van der Waals surface area contributed by atoms with Gasteiger partial charge in [0.1, 0.15) is 23.4 Å². The Balaban J connectivity index is 2.69. The van der Waals surface area contributed by atoms with Crippen molar-refractivity contribution in [2.75, 3.05) is 14.2 Å². The number of methoxy groups -OCH3 is 2. The number of benzene rings is 2. The highest BCUT2D eigenvalue weighted by Crippen LogP contribution is 2.43. The summed E-state index contributed by atoms with van der Waals surface area (Å²) in [6, 6.07) is 7.12. The lowest BCUT2D eigenvalue weighted by Gasteiger charge is -2.24. The standard InChI is InChI=1S/C20H26O4/c1-11(2)17-16(23-5)10-8-14(20(17)24-6)19(22)18-12(3)7-9-15(21)13(18)4/h7-11,19,21-22H,1-6H3. The number of aliphatic hydroxyl groups is 1. The number of phenolic OH excluding ortho intramolecular Hbond substituents is 1. The molecule has 0 aliphatic heterocycles. The number of ether oxygens (including phenoxy) is 2. The van der Waals surface area contributed by atoms with E-state index in [2.05, 4.69) is 13.8 Å². The molecule has 2 aromatic rings. The second-order valence-electron chi connectivity index (χ2n) is 6.30. The second kappa shape index (κ2) is 7.14. The number of rotatable bonds is 5. The van der Waals surface area contributed by atoms with E-state index in [-0.39, 0.29) is 11.7 Å². The van der Waals surface area contributed by atoms with Crippen LogP contribution in [0.25, 0.3) is 0 Å². The first-order valence-corrected chi connectivity index (χ1v) is 8.05. The maximum Gasteiger partial charge on any atom is 0.132 e. The van der Waals surface area contributed by atoms with E-state index in [1.54, 1.807) is 33.3 Å². The van der Waals surface area contributed by atoms with Crippen LogP contribution in [0.4, 0.5) is 0 Å².